The first-order chi connectivity index (χ1) is 7.22. The Morgan fingerprint density at radius 3 is 2.93 bits per heavy atom. The predicted octanol–water partition coefficient (Wildman–Crippen LogP) is 1.49. The van der Waals surface area contributed by atoms with Gasteiger partial charge in [-0.05, 0) is 39.8 Å². The molecule has 1 rings (SSSR count). The van der Waals surface area contributed by atoms with Gasteiger partial charge < -0.3 is 15.0 Å². The zero-order valence-electron chi connectivity index (χ0n) is 10.5. The van der Waals surface area contributed by atoms with E-state index in [2.05, 4.69) is 31.1 Å². The van der Waals surface area contributed by atoms with Gasteiger partial charge in [-0.3, -0.25) is 0 Å². The normalized spacial score (nSPS) is 23.6. The number of ether oxygens (including phenoxy) is 1. The maximum absolute atomic E-state index is 5.62. The second-order valence-corrected chi connectivity index (χ2v) is 4.71. The van der Waals surface area contributed by atoms with Gasteiger partial charge in [0, 0.05) is 25.7 Å². The van der Waals surface area contributed by atoms with Crippen LogP contribution in [0.25, 0.3) is 0 Å². The Kier molecular flexibility index (Phi) is 6.22. The minimum Gasteiger partial charge on any atom is -0.377 e. The molecule has 0 aromatic heterocycles. The van der Waals surface area contributed by atoms with Gasteiger partial charge in [-0.25, -0.2) is 0 Å². The van der Waals surface area contributed by atoms with E-state index in [1.54, 1.807) is 0 Å². The van der Waals surface area contributed by atoms with Crippen molar-refractivity contribution >= 4 is 0 Å². The summed E-state index contributed by atoms with van der Waals surface area (Å²) in [4.78, 5) is 2.38. The topological polar surface area (TPSA) is 24.5 Å². The summed E-state index contributed by atoms with van der Waals surface area (Å²) in [6.45, 7) is 8.73. The van der Waals surface area contributed by atoms with Crippen molar-refractivity contribution < 1.29 is 4.74 Å². The smallest absolute Gasteiger partial charge is 0.0702 e. The standard InChI is InChI=1S/C12H26N2O/c1-4-7-13-11(2)9-14(3)10-12-6-5-8-15-12/h11-13H,4-10H2,1-3H3. The highest BCUT2D eigenvalue weighted by Gasteiger charge is 2.17. The van der Waals surface area contributed by atoms with Crippen molar-refractivity contribution in [2.45, 2.75) is 45.3 Å². The van der Waals surface area contributed by atoms with Gasteiger partial charge in [0.25, 0.3) is 0 Å². The van der Waals surface area contributed by atoms with Crippen molar-refractivity contribution in [3.63, 3.8) is 0 Å². The first-order valence-electron chi connectivity index (χ1n) is 6.26. The second-order valence-electron chi connectivity index (χ2n) is 4.71. The minimum atomic E-state index is 0.480. The van der Waals surface area contributed by atoms with Crippen molar-refractivity contribution in [3.8, 4) is 0 Å². The molecule has 3 nitrogen and oxygen atoms in total. The van der Waals surface area contributed by atoms with Crippen LogP contribution in [0, 0.1) is 0 Å². The Morgan fingerprint density at radius 2 is 2.33 bits per heavy atom. The van der Waals surface area contributed by atoms with Crippen molar-refractivity contribution in [1.82, 2.24) is 10.2 Å². The van der Waals surface area contributed by atoms with Crippen LogP contribution in [0.3, 0.4) is 0 Å². The maximum Gasteiger partial charge on any atom is 0.0702 e. The third kappa shape index (κ3) is 5.50. The molecule has 0 bridgehead atoms. The number of nitrogens with zero attached hydrogens (tertiary/aromatic N) is 1. The number of hydrogen-bond acceptors (Lipinski definition) is 3. The average molecular weight is 214 g/mol. The molecule has 1 aliphatic rings. The lowest BCUT2D eigenvalue weighted by molar-refractivity contribution is 0.0790. The fourth-order valence-electron chi connectivity index (χ4n) is 2.13. The lowest BCUT2D eigenvalue weighted by Crippen LogP contribution is -2.40. The number of rotatable bonds is 7. The molecule has 1 aliphatic heterocycles. The molecule has 2 atom stereocenters. The number of likely N-dealkylation sites (N-methyl/N-ethyl adjacent to an activating group) is 1. The molecule has 0 aromatic carbocycles. The highest BCUT2D eigenvalue weighted by molar-refractivity contribution is 4.71. The van der Waals surface area contributed by atoms with Crippen LogP contribution < -0.4 is 5.32 Å². The summed E-state index contributed by atoms with van der Waals surface area (Å²) in [6, 6.07) is 0.580. The zero-order valence-corrected chi connectivity index (χ0v) is 10.5. The van der Waals surface area contributed by atoms with Gasteiger partial charge in [-0.2, -0.15) is 0 Å². The van der Waals surface area contributed by atoms with E-state index in [-0.39, 0.29) is 0 Å². The van der Waals surface area contributed by atoms with Gasteiger partial charge >= 0.3 is 0 Å². The van der Waals surface area contributed by atoms with Crippen LogP contribution in [0.2, 0.25) is 0 Å². The van der Waals surface area contributed by atoms with E-state index in [1.807, 2.05) is 0 Å². The number of hydrogen-bond donors (Lipinski definition) is 1. The van der Waals surface area contributed by atoms with Gasteiger partial charge in [-0.1, -0.05) is 6.92 Å². The zero-order chi connectivity index (χ0) is 11.1. The Balaban J connectivity index is 2.08. The molecule has 0 aliphatic carbocycles. The lowest BCUT2D eigenvalue weighted by atomic mass is 10.2. The Bertz CT molecular complexity index is 158. The van der Waals surface area contributed by atoms with Gasteiger partial charge in [0.2, 0.25) is 0 Å². The van der Waals surface area contributed by atoms with Gasteiger partial charge in [-0.15, -0.1) is 0 Å². The second kappa shape index (κ2) is 7.20. The maximum atomic E-state index is 5.62. The van der Waals surface area contributed by atoms with Crippen LogP contribution in [-0.4, -0.2) is 50.3 Å². The van der Waals surface area contributed by atoms with E-state index < -0.39 is 0 Å². The van der Waals surface area contributed by atoms with E-state index in [9.17, 15) is 0 Å². The molecule has 15 heavy (non-hydrogen) atoms. The van der Waals surface area contributed by atoms with E-state index in [1.165, 1.54) is 19.3 Å². The molecule has 90 valence electrons. The summed E-state index contributed by atoms with van der Waals surface area (Å²) in [6.07, 6.45) is 4.16. The fourth-order valence-corrected chi connectivity index (χ4v) is 2.13. The van der Waals surface area contributed by atoms with Crippen molar-refractivity contribution in [2.75, 3.05) is 33.3 Å². The molecule has 1 fully saturated rings. The summed E-state index contributed by atoms with van der Waals surface area (Å²) >= 11 is 0. The van der Waals surface area contributed by atoms with Crippen molar-refractivity contribution in [2.24, 2.45) is 0 Å². The van der Waals surface area contributed by atoms with Crippen LogP contribution in [0.5, 0.6) is 0 Å². The quantitative estimate of drug-likeness (QED) is 0.695. The molecule has 2 unspecified atom stereocenters. The third-order valence-corrected chi connectivity index (χ3v) is 2.87. The molecule has 3 heteroatoms. The Hall–Kier alpha value is -0.120. The minimum absolute atomic E-state index is 0.480. The van der Waals surface area contributed by atoms with Crippen LogP contribution in [0.15, 0.2) is 0 Å². The predicted molar refractivity (Wildman–Crippen MR) is 64.2 cm³/mol. The first-order valence-corrected chi connectivity index (χ1v) is 6.26. The average Bonchev–Trinajstić information content (AvgIpc) is 2.67. The van der Waals surface area contributed by atoms with E-state index in [0.717, 1.165) is 26.2 Å². The molecular formula is C12H26N2O. The number of nitrogens with one attached hydrogen (secondary N) is 1. The monoisotopic (exact) mass is 214 g/mol. The molecule has 0 amide bonds. The molecule has 0 saturated carbocycles. The summed E-state index contributed by atoms with van der Waals surface area (Å²) in [5.74, 6) is 0. The Morgan fingerprint density at radius 1 is 1.53 bits per heavy atom. The molecular weight excluding hydrogens is 188 g/mol. The molecule has 1 saturated heterocycles. The van der Waals surface area contributed by atoms with Gasteiger partial charge in [0.1, 0.15) is 0 Å². The summed E-state index contributed by atoms with van der Waals surface area (Å²) in [5.41, 5.74) is 0. The SMILES string of the molecule is CCCNC(C)CN(C)CC1CCCO1. The van der Waals surface area contributed by atoms with Gasteiger partial charge in [0.05, 0.1) is 6.10 Å². The highest BCUT2D eigenvalue weighted by Crippen LogP contribution is 2.12. The van der Waals surface area contributed by atoms with Crippen LogP contribution in [0.4, 0.5) is 0 Å². The molecule has 0 spiro atoms. The van der Waals surface area contributed by atoms with Crippen LogP contribution >= 0.6 is 0 Å². The first kappa shape index (κ1) is 12.9. The van der Waals surface area contributed by atoms with Crippen LogP contribution in [-0.2, 0) is 4.74 Å². The van der Waals surface area contributed by atoms with Crippen molar-refractivity contribution in [1.29, 1.82) is 0 Å². The molecule has 1 N–H and O–H groups in total. The highest BCUT2D eigenvalue weighted by atomic mass is 16.5. The molecule has 0 radical (unpaired) electrons. The van der Waals surface area contributed by atoms with Crippen molar-refractivity contribution in [3.05, 3.63) is 0 Å². The summed E-state index contributed by atoms with van der Waals surface area (Å²) in [5, 5.41) is 3.51. The lowest BCUT2D eigenvalue weighted by Gasteiger charge is -2.24. The Labute approximate surface area is 94.2 Å². The third-order valence-electron chi connectivity index (χ3n) is 2.87. The van der Waals surface area contributed by atoms with E-state index in [4.69, 9.17) is 4.74 Å². The van der Waals surface area contributed by atoms with E-state index in [0.29, 0.717) is 12.1 Å². The largest absolute Gasteiger partial charge is 0.377 e. The fraction of sp³-hybridized carbons (Fsp3) is 1.00. The van der Waals surface area contributed by atoms with E-state index >= 15 is 0 Å². The molecule has 1 heterocycles. The van der Waals surface area contributed by atoms with Gasteiger partial charge in [0.15, 0.2) is 0 Å². The summed E-state index contributed by atoms with van der Waals surface area (Å²) in [7, 11) is 2.19. The van der Waals surface area contributed by atoms with Crippen LogP contribution in [0.1, 0.15) is 33.1 Å². The summed E-state index contributed by atoms with van der Waals surface area (Å²) < 4.78 is 5.62. The molecule has 0 aromatic rings.